The first-order valence-corrected chi connectivity index (χ1v) is 13.0. The van der Waals surface area contributed by atoms with Gasteiger partial charge in [0.1, 0.15) is 0 Å². The van der Waals surface area contributed by atoms with Gasteiger partial charge in [0.25, 0.3) is 0 Å². The molecule has 0 unspecified atom stereocenters. The monoisotopic (exact) mass is 498 g/mol. The van der Waals surface area contributed by atoms with E-state index in [9.17, 15) is 0 Å². The largest absolute Gasteiger partial charge is 0.362 e. The predicted molar refractivity (Wildman–Crippen MR) is 153 cm³/mol. The molecular weight excluding hydrogens is 460 g/mol. The smallest absolute Gasteiger partial charge is 0.170 e. The summed E-state index contributed by atoms with van der Waals surface area (Å²) >= 11 is 10.8. The normalized spacial score (nSPS) is 14.4. The van der Waals surface area contributed by atoms with E-state index < -0.39 is 0 Å². The molecule has 34 heavy (non-hydrogen) atoms. The number of anilines is 2. The zero-order chi connectivity index (χ0) is 24.2. The van der Waals surface area contributed by atoms with Gasteiger partial charge in [-0.3, -0.25) is 0 Å². The molecule has 0 aromatic heterocycles. The van der Waals surface area contributed by atoms with Crippen molar-refractivity contribution in [2.24, 2.45) is 0 Å². The molecule has 2 aromatic carbocycles. The lowest BCUT2D eigenvalue weighted by atomic mass is 10.2. The molecule has 3 rings (SSSR count). The van der Waals surface area contributed by atoms with Crippen molar-refractivity contribution in [3.8, 4) is 0 Å². The molecule has 1 aliphatic heterocycles. The third-order valence-electron chi connectivity index (χ3n) is 5.89. The van der Waals surface area contributed by atoms with Crippen molar-refractivity contribution in [2.75, 3.05) is 63.0 Å². The zero-order valence-corrected chi connectivity index (χ0v) is 22.0. The molecule has 1 aliphatic rings. The summed E-state index contributed by atoms with van der Waals surface area (Å²) in [5.41, 5.74) is 4.52. The first-order valence-electron chi connectivity index (χ1n) is 12.2. The van der Waals surface area contributed by atoms with Crippen LogP contribution in [0, 0.1) is 13.8 Å². The third kappa shape index (κ3) is 9.93. The van der Waals surface area contributed by atoms with Gasteiger partial charge in [0.15, 0.2) is 10.2 Å². The van der Waals surface area contributed by atoms with Crippen LogP contribution < -0.4 is 21.3 Å². The predicted octanol–water partition coefficient (Wildman–Crippen LogP) is 3.97. The van der Waals surface area contributed by atoms with Gasteiger partial charge in [0, 0.05) is 50.6 Å². The summed E-state index contributed by atoms with van der Waals surface area (Å²) in [6, 6.07) is 16.5. The Kier molecular flexibility index (Phi) is 11.0. The fourth-order valence-electron chi connectivity index (χ4n) is 4.04. The molecule has 0 spiro atoms. The van der Waals surface area contributed by atoms with E-state index in [4.69, 9.17) is 24.4 Å². The quantitative estimate of drug-likeness (QED) is 0.290. The summed E-state index contributed by atoms with van der Waals surface area (Å²) in [6.45, 7) is 12.7. The molecule has 8 heteroatoms. The average molecular weight is 499 g/mol. The lowest BCUT2D eigenvalue weighted by Crippen LogP contribution is -2.47. The fourth-order valence-corrected chi connectivity index (χ4v) is 4.48. The van der Waals surface area contributed by atoms with Crippen molar-refractivity contribution in [2.45, 2.75) is 26.7 Å². The number of hydrogen-bond acceptors (Lipinski definition) is 4. The Balaban J connectivity index is 1.19. The number of hydrogen-bond donors (Lipinski definition) is 4. The fraction of sp³-hybridized carbons (Fsp3) is 0.462. The van der Waals surface area contributed by atoms with E-state index in [1.807, 2.05) is 24.3 Å². The highest BCUT2D eigenvalue weighted by molar-refractivity contribution is 7.80. The lowest BCUT2D eigenvalue weighted by Gasteiger charge is -2.34. The van der Waals surface area contributed by atoms with E-state index in [1.54, 1.807) is 0 Å². The minimum atomic E-state index is 0.692. The van der Waals surface area contributed by atoms with Gasteiger partial charge >= 0.3 is 0 Å². The van der Waals surface area contributed by atoms with Crippen LogP contribution in [0.15, 0.2) is 48.5 Å². The highest BCUT2D eigenvalue weighted by Gasteiger charge is 2.15. The van der Waals surface area contributed by atoms with E-state index in [-0.39, 0.29) is 0 Å². The van der Waals surface area contributed by atoms with Crippen molar-refractivity contribution in [1.82, 2.24) is 20.4 Å². The number of benzene rings is 2. The number of rotatable bonds is 10. The molecule has 184 valence electrons. The van der Waals surface area contributed by atoms with Gasteiger partial charge in [-0.2, -0.15) is 0 Å². The van der Waals surface area contributed by atoms with Crippen molar-refractivity contribution in [1.29, 1.82) is 0 Å². The Morgan fingerprint density at radius 3 is 1.50 bits per heavy atom. The molecule has 1 saturated heterocycles. The topological polar surface area (TPSA) is 54.6 Å². The number of aryl methyl sites for hydroxylation is 2. The second-order valence-electron chi connectivity index (χ2n) is 8.89. The molecule has 0 amide bonds. The van der Waals surface area contributed by atoms with Crippen molar-refractivity contribution >= 4 is 46.0 Å². The lowest BCUT2D eigenvalue weighted by molar-refractivity contribution is 0.131. The molecule has 1 fully saturated rings. The molecule has 0 atom stereocenters. The molecule has 4 N–H and O–H groups in total. The second kappa shape index (κ2) is 14.2. The number of thiocarbonyl (C=S) groups is 2. The van der Waals surface area contributed by atoms with Crippen LogP contribution in [0.3, 0.4) is 0 Å². The van der Waals surface area contributed by atoms with E-state index in [0.29, 0.717) is 10.2 Å². The maximum atomic E-state index is 5.41. The van der Waals surface area contributed by atoms with Crippen molar-refractivity contribution in [3.05, 3.63) is 59.7 Å². The van der Waals surface area contributed by atoms with Crippen LogP contribution in [0.25, 0.3) is 0 Å². The van der Waals surface area contributed by atoms with Gasteiger partial charge in [0.2, 0.25) is 0 Å². The number of piperazine rings is 1. The summed E-state index contributed by atoms with van der Waals surface area (Å²) in [6.07, 6.45) is 2.18. The maximum absolute atomic E-state index is 5.41. The maximum Gasteiger partial charge on any atom is 0.170 e. The van der Waals surface area contributed by atoms with Gasteiger partial charge in [-0.05, 0) is 99.6 Å². The highest BCUT2D eigenvalue weighted by atomic mass is 32.1. The van der Waals surface area contributed by atoms with Gasteiger partial charge in [-0.1, -0.05) is 24.3 Å². The minimum Gasteiger partial charge on any atom is -0.362 e. The molecule has 1 heterocycles. The summed E-state index contributed by atoms with van der Waals surface area (Å²) in [4.78, 5) is 5.10. The van der Waals surface area contributed by atoms with E-state index in [1.165, 1.54) is 11.1 Å². The molecule has 0 saturated carbocycles. The van der Waals surface area contributed by atoms with Crippen LogP contribution in [0.4, 0.5) is 11.4 Å². The van der Waals surface area contributed by atoms with Crippen LogP contribution >= 0.6 is 24.4 Å². The standard InChI is InChI=1S/C26H38N6S2/c1-21-7-3-9-23(19-21)29-25(33)27-11-5-13-31-15-17-32(18-16-31)14-6-12-28-26(34)30-24-10-4-8-22(2)20-24/h3-4,7-10,19-20H,5-6,11-18H2,1-2H3,(H2,27,29,33)(H2,28,30,34). The first kappa shape index (κ1) is 26.3. The molecule has 0 aliphatic carbocycles. The summed E-state index contributed by atoms with van der Waals surface area (Å²) in [5, 5.41) is 14.5. The van der Waals surface area contributed by atoms with Crippen LogP contribution in [0.1, 0.15) is 24.0 Å². The van der Waals surface area contributed by atoms with Gasteiger partial charge in [-0.15, -0.1) is 0 Å². The Bertz CT molecular complexity index is 852. The average Bonchev–Trinajstić information content (AvgIpc) is 2.80. The van der Waals surface area contributed by atoms with Gasteiger partial charge < -0.3 is 31.1 Å². The SMILES string of the molecule is Cc1cccc(NC(=S)NCCCN2CCN(CCCNC(=S)Nc3cccc(C)c3)CC2)c1. The first-order chi connectivity index (χ1) is 16.5. The second-order valence-corrected chi connectivity index (χ2v) is 9.71. The molecule has 6 nitrogen and oxygen atoms in total. The molecule has 2 aromatic rings. The van der Waals surface area contributed by atoms with Gasteiger partial charge in [-0.25, -0.2) is 0 Å². The molecular formula is C26H38N6S2. The van der Waals surface area contributed by atoms with Crippen molar-refractivity contribution < 1.29 is 0 Å². The van der Waals surface area contributed by atoms with Crippen LogP contribution in [-0.4, -0.2) is 72.4 Å². The molecule has 0 radical (unpaired) electrons. The Hall–Kier alpha value is -2.26. The van der Waals surface area contributed by atoms with E-state index in [2.05, 4.69) is 69.2 Å². The number of nitrogens with one attached hydrogen (secondary N) is 4. The van der Waals surface area contributed by atoms with Crippen LogP contribution in [0.2, 0.25) is 0 Å². The van der Waals surface area contributed by atoms with Crippen LogP contribution in [-0.2, 0) is 0 Å². The minimum absolute atomic E-state index is 0.692. The van der Waals surface area contributed by atoms with Gasteiger partial charge in [0.05, 0.1) is 0 Å². The summed E-state index contributed by atoms with van der Waals surface area (Å²) in [7, 11) is 0. The zero-order valence-electron chi connectivity index (χ0n) is 20.4. The highest BCUT2D eigenvalue weighted by Crippen LogP contribution is 2.10. The Labute approximate surface area is 215 Å². The number of nitrogens with zero attached hydrogens (tertiary/aromatic N) is 2. The summed E-state index contributed by atoms with van der Waals surface area (Å²) < 4.78 is 0. The van der Waals surface area contributed by atoms with E-state index in [0.717, 1.165) is 76.6 Å². The van der Waals surface area contributed by atoms with Crippen molar-refractivity contribution in [3.63, 3.8) is 0 Å². The molecule has 0 bridgehead atoms. The summed E-state index contributed by atoms with van der Waals surface area (Å²) in [5.74, 6) is 0. The third-order valence-corrected chi connectivity index (χ3v) is 6.38. The Morgan fingerprint density at radius 2 is 1.12 bits per heavy atom. The van der Waals surface area contributed by atoms with Crippen LogP contribution in [0.5, 0.6) is 0 Å². The van der Waals surface area contributed by atoms with E-state index >= 15 is 0 Å². The Morgan fingerprint density at radius 1 is 0.706 bits per heavy atom.